The van der Waals surface area contributed by atoms with Crippen LogP contribution in [0.3, 0.4) is 0 Å². The van der Waals surface area contributed by atoms with E-state index in [9.17, 15) is 4.79 Å². The van der Waals surface area contributed by atoms with Crippen molar-refractivity contribution in [1.29, 1.82) is 0 Å². The van der Waals surface area contributed by atoms with Gasteiger partial charge >= 0.3 is 0 Å². The van der Waals surface area contributed by atoms with Gasteiger partial charge in [0.2, 0.25) is 5.91 Å². The molecular weight excluding hydrogens is 264 g/mol. The number of carbonyl (C=O) groups is 1. The van der Waals surface area contributed by atoms with E-state index in [1.54, 1.807) is 6.07 Å². The number of carbonyl (C=O) groups excluding carboxylic acids is 1. The Morgan fingerprint density at radius 3 is 2.74 bits per heavy atom. The first-order chi connectivity index (χ1) is 9.08. The maximum Gasteiger partial charge on any atom is 0.224 e. The van der Waals surface area contributed by atoms with Gasteiger partial charge in [0.1, 0.15) is 5.76 Å². The van der Waals surface area contributed by atoms with E-state index in [1.165, 1.54) is 0 Å². The lowest BCUT2D eigenvalue weighted by Crippen LogP contribution is -2.25. The SMILES string of the molecule is Cc1noc(C)c1CNC(=O)Cc1ccccc1Cl. The number of amides is 1. The van der Waals surface area contributed by atoms with E-state index in [0.29, 0.717) is 11.6 Å². The summed E-state index contributed by atoms with van der Waals surface area (Å²) in [5.41, 5.74) is 2.54. The minimum atomic E-state index is -0.0758. The first-order valence-electron chi connectivity index (χ1n) is 5.99. The average molecular weight is 279 g/mol. The van der Waals surface area contributed by atoms with Crippen LogP contribution in [-0.4, -0.2) is 11.1 Å². The van der Waals surface area contributed by atoms with Crippen molar-refractivity contribution in [2.45, 2.75) is 26.8 Å². The summed E-state index contributed by atoms with van der Waals surface area (Å²) in [7, 11) is 0. The summed E-state index contributed by atoms with van der Waals surface area (Å²) in [5, 5.41) is 7.30. The van der Waals surface area contributed by atoms with E-state index in [0.717, 1.165) is 22.6 Å². The molecule has 0 aliphatic rings. The fourth-order valence-electron chi connectivity index (χ4n) is 1.82. The van der Waals surface area contributed by atoms with Gasteiger partial charge in [0.15, 0.2) is 0 Å². The molecule has 100 valence electrons. The predicted octanol–water partition coefficient (Wildman–Crippen LogP) is 2.80. The summed E-state index contributed by atoms with van der Waals surface area (Å²) in [6.07, 6.45) is 0.267. The first-order valence-corrected chi connectivity index (χ1v) is 6.37. The lowest BCUT2D eigenvalue weighted by molar-refractivity contribution is -0.120. The van der Waals surface area contributed by atoms with Gasteiger partial charge in [-0.1, -0.05) is 35.0 Å². The Labute approximate surface area is 116 Å². The smallest absolute Gasteiger partial charge is 0.224 e. The fraction of sp³-hybridized carbons (Fsp3) is 0.286. The van der Waals surface area contributed by atoms with Crippen LogP contribution in [0.1, 0.15) is 22.6 Å². The van der Waals surface area contributed by atoms with Crippen LogP contribution in [0.5, 0.6) is 0 Å². The summed E-state index contributed by atoms with van der Waals surface area (Å²) in [6, 6.07) is 7.33. The van der Waals surface area contributed by atoms with Gasteiger partial charge in [0.05, 0.1) is 12.1 Å². The molecule has 19 heavy (non-hydrogen) atoms. The summed E-state index contributed by atoms with van der Waals surface area (Å²) in [6.45, 7) is 4.10. The molecule has 2 rings (SSSR count). The van der Waals surface area contributed by atoms with Gasteiger partial charge in [0, 0.05) is 17.1 Å². The maximum absolute atomic E-state index is 11.9. The number of nitrogens with one attached hydrogen (secondary N) is 1. The fourth-order valence-corrected chi connectivity index (χ4v) is 2.02. The molecule has 0 radical (unpaired) electrons. The molecule has 0 bridgehead atoms. The van der Waals surface area contributed by atoms with Crippen LogP contribution in [0.15, 0.2) is 28.8 Å². The zero-order valence-corrected chi connectivity index (χ0v) is 11.6. The van der Waals surface area contributed by atoms with Gasteiger partial charge in [0.25, 0.3) is 0 Å². The molecule has 0 aliphatic carbocycles. The highest BCUT2D eigenvalue weighted by molar-refractivity contribution is 6.31. The van der Waals surface area contributed by atoms with Crippen molar-refractivity contribution in [2.75, 3.05) is 0 Å². The van der Waals surface area contributed by atoms with Crippen LogP contribution in [0.4, 0.5) is 0 Å². The van der Waals surface area contributed by atoms with Crippen molar-refractivity contribution < 1.29 is 9.32 Å². The van der Waals surface area contributed by atoms with E-state index in [4.69, 9.17) is 16.1 Å². The van der Waals surface area contributed by atoms with Crippen molar-refractivity contribution in [2.24, 2.45) is 0 Å². The second-order valence-electron chi connectivity index (χ2n) is 4.35. The average Bonchev–Trinajstić information content (AvgIpc) is 2.70. The third-order valence-electron chi connectivity index (χ3n) is 2.95. The molecule has 1 amide bonds. The topological polar surface area (TPSA) is 55.1 Å². The largest absolute Gasteiger partial charge is 0.361 e. The van der Waals surface area contributed by atoms with Crippen LogP contribution in [0.25, 0.3) is 0 Å². The molecule has 0 saturated heterocycles. The lowest BCUT2D eigenvalue weighted by Gasteiger charge is -2.06. The van der Waals surface area contributed by atoms with E-state index >= 15 is 0 Å². The minimum Gasteiger partial charge on any atom is -0.361 e. The molecule has 2 aromatic rings. The number of aromatic nitrogens is 1. The number of hydrogen-bond donors (Lipinski definition) is 1. The highest BCUT2D eigenvalue weighted by Gasteiger charge is 2.11. The van der Waals surface area contributed by atoms with Gasteiger partial charge in [-0.2, -0.15) is 0 Å². The third kappa shape index (κ3) is 3.35. The van der Waals surface area contributed by atoms with Gasteiger partial charge in [-0.3, -0.25) is 4.79 Å². The molecule has 1 aromatic heterocycles. The van der Waals surface area contributed by atoms with E-state index in [2.05, 4.69) is 10.5 Å². The number of nitrogens with zero attached hydrogens (tertiary/aromatic N) is 1. The molecule has 0 aliphatic heterocycles. The Bertz CT molecular complexity index is 573. The number of rotatable bonds is 4. The van der Waals surface area contributed by atoms with Gasteiger partial charge < -0.3 is 9.84 Å². The van der Waals surface area contributed by atoms with Crippen molar-refractivity contribution in [1.82, 2.24) is 10.5 Å². The Balaban J connectivity index is 1.94. The van der Waals surface area contributed by atoms with Crippen molar-refractivity contribution in [3.05, 3.63) is 51.9 Å². The standard InChI is InChI=1S/C14H15ClN2O2/c1-9-12(10(2)19-17-9)8-16-14(18)7-11-5-3-4-6-13(11)15/h3-6H,7-8H2,1-2H3,(H,16,18). The zero-order chi connectivity index (χ0) is 13.8. The lowest BCUT2D eigenvalue weighted by atomic mass is 10.1. The molecule has 4 nitrogen and oxygen atoms in total. The monoisotopic (exact) mass is 278 g/mol. The van der Waals surface area contributed by atoms with E-state index < -0.39 is 0 Å². The first kappa shape index (κ1) is 13.6. The maximum atomic E-state index is 11.9. The van der Waals surface area contributed by atoms with Crippen molar-refractivity contribution in [3.8, 4) is 0 Å². The molecule has 1 heterocycles. The van der Waals surface area contributed by atoms with Crippen LogP contribution >= 0.6 is 11.6 Å². The summed E-state index contributed by atoms with van der Waals surface area (Å²) >= 11 is 6.01. The van der Waals surface area contributed by atoms with Gasteiger partial charge in [-0.25, -0.2) is 0 Å². The quantitative estimate of drug-likeness (QED) is 0.936. The van der Waals surface area contributed by atoms with Crippen LogP contribution in [0, 0.1) is 13.8 Å². The molecule has 1 N–H and O–H groups in total. The molecule has 0 spiro atoms. The highest BCUT2D eigenvalue weighted by Crippen LogP contribution is 2.16. The van der Waals surface area contributed by atoms with Crippen LogP contribution in [-0.2, 0) is 17.8 Å². The van der Waals surface area contributed by atoms with E-state index in [1.807, 2.05) is 32.0 Å². The molecule has 0 atom stereocenters. The normalized spacial score (nSPS) is 10.5. The highest BCUT2D eigenvalue weighted by atomic mass is 35.5. The van der Waals surface area contributed by atoms with E-state index in [-0.39, 0.29) is 12.3 Å². The molecular formula is C14H15ClN2O2. The molecule has 0 unspecified atom stereocenters. The number of aryl methyl sites for hydroxylation is 2. The second-order valence-corrected chi connectivity index (χ2v) is 4.75. The summed E-state index contributed by atoms with van der Waals surface area (Å²) in [5.74, 6) is 0.656. The number of benzene rings is 1. The van der Waals surface area contributed by atoms with Gasteiger partial charge in [-0.15, -0.1) is 0 Å². The molecule has 5 heteroatoms. The zero-order valence-electron chi connectivity index (χ0n) is 10.9. The van der Waals surface area contributed by atoms with Crippen molar-refractivity contribution in [3.63, 3.8) is 0 Å². The Kier molecular flexibility index (Phi) is 4.22. The molecule has 1 aromatic carbocycles. The van der Waals surface area contributed by atoms with Gasteiger partial charge in [-0.05, 0) is 25.5 Å². The molecule has 0 saturated carbocycles. The summed E-state index contributed by atoms with van der Waals surface area (Å²) < 4.78 is 5.04. The summed E-state index contributed by atoms with van der Waals surface area (Å²) in [4.78, 5) is 11.9. The van der Waals surface area contributed by atoms with Crippen LogP contribution < -0.4 is 5.32 Å². The number of hydrogen-bond acceptors (Lipinski definition) is 3. The molecule has 0 fully saturated rings. The second kappa shape index (κ2) is 5.89. The predicted molar refractivity (Wildman–Crippen MR) is 73.0 cm³/mol. The van der Waals surface area contributed by atoms with Crippen molar-refractivity contribution >= 4 is 17.5 Å². The third-order valence-corrected chi connectivity index (χ3v) is 3.32. The Morgan fingerprint density at radius 2 is 2.11 bits per heavy atom. The minimum absolute atomic E-state index is 0.0758. The Morgan fingerprint density at radius 1 is 1.37 bits per heavy atom. The number of halogens is 1. The van der Waals surface area contributed by atoms with Crippen LogP contribution in [0.2, 0.25) is 5.02 Å². The Hall–Kier alpha value is -1.81.